The molecule has 5 aromatic rings. The Labute approximate surface area is 179 Å². The van der Waals surface area contributed by atoms with Crippen LogP contribution in [0.5, 0.6) is 5.75 Å². The second-order valence-electron chi connectivity index (χ2n) is 7.31. The minimum absolute atomic E-state index is 0.195. The molecule has 0 unspecified atom stereocenters. The summed E-state index contributed by atoms with van der Waals surface area (Å²) < 4.78 is 9.46. The van der Waals surface area contributed by atoms with E-state index >= 15 is 0 Å². The Morgan fingerprint density at radius 2 is 1.26 bits per heavy atom. The van der Waals surface area contributed by atoms with Crippen molar-refractivity contribution in [3.63, 3.8) is 0 Å². The Morgan fingerprint density at radius 1 is 0.742 bits per heavy atom. The lowest BCUT2D eigenvalue weighted by atomic mass is 9.91. The van der Waals surface area contributed by atoms with Gasteiger partial charge >= 0.3 is 0 Å². The number of methoxy groups -OCH3 is 1. The van der Waals surface area contributed by atoms with Crippen LogP contribution in [0.25, 0.3) is 11.0 Å². The van der Waals surface area contributed by atoms with Crippen molar-refractivity contribution in [2.45, 2.75) is 5.92 Å². The van der Waals surface area contributed by atoms with E-state index < -0.39 is 0 Å². The molecule has 5 heteroatoms. The van der Waals surface area contributed by atoms with E-state index in [1.165, 1.54) is 0 Å². The summed E-state index contributed by atoms with van der Waals surface area (Å²) in [7, 11) is 1.64. The molecule has 5 rings (SSSR count). The van der Waals surface area contributed by atoms with E-state index in [9.17, 15) is 10.5 Å². The number of nitrogens with zero attached hydrogens (tertiary/aromatic N) is 4. The molecule has 0 aliphatic rings. The number of hydrogen-bond donors (Lipinski definition) is 0. The fraction of sp³-hybridized carbons (Fsp3) is 0.0769. The van der Waals surface area contributed by atoms with Gasteiger partial charge in [-0.05, 0) is 54.1 Å². The van der Waals surface area contributed by atoms with Crippen LogP contribution < -0.4 is 4.74 Å². The highest BCUT2D eigenvalue weighted by atomic mass is 16.5. The molecule has 31 heavy (non-hydrogen) atoms. The maximum Gasteiger partial charge on any atom is 0.118 e. The fourth-order valence-corrected chi connectivity index (χ4v) is 4.27. The molecular weight excluding hydrogens is 384 g/mol. The molecule has 4 heterocycles. The second-order valence-corrected chi connectivity index (χ2v) is 7.31. The average molecular weight is 402 g/mol. The number of aromatic nitrogens is 2. The van der Waals surface area contributed by atoms with Crippen molar-refractivity contribution in [2.75, 3.05) is 7.11 Å². The van der Waals surface area contributed by atoms with Crippen molar-refractivity contribution in [1.29, 1.82) is 10.5 Å². The number of pyridine rings is 2. The van der Waals surface area contributed by atoms with E-state index in [2.05, 4.69) is 20.9 Å². The van der Waals surface area contributed by atoms with E-state index in [-0.39, 0.29) is 5.92 Å². The smallest absolute Gasteiger partial charge is 0.118 e. The van der Waals surface area contributed by atoms with E-state index in [0.29, 0.717) is 11.1 Å². The number of nitriles is 2. The lowest BCUT2D eigenvalue weighted by Crippen LogP contribution is -2.09. The Balaban J connectivity index is 1.84. The van der Waals surface area contributed by atoms with Crippen LogP contribution in [-0.4, -0.2) is 15.9 Å². The molecule has 4 aromatic heterocycles. The quantitative estimate of drug-likeness (QED) is 0.419. The van der Waals surface area contributed by atoms with Gasteiger partial charge in [0.2, 0.25) is 0 Å². The molecule has 0 spiro atoms. The van der Waals surface area contributed by atoms with Crippen molar-refractivity contribution >= 4 is 11.0 Å². The van der Waals surface area contributed by atoms with Crippen LogP contribution in [0.3, 0.4) is 0 Å². The predicted octanol–water partition coefficient (Wildman–Crippen LogP) is 5.12. The molecule has 0 amide bonds. The molecule has 0 N–H and O–H groups in total. The van der Waals surface area contributed by atoms with Crippen LogP contribution in [0.15, 0.2) is 85.2 Å². The zero-order valence-electron chi connectivity index (χ0n) is 16.9. The van der Waals surface area contributed by atoms with E-state index in [1.54, 1.807) is 7.11 Å². The number of ether oxygens (including phenoxy) is 1. The summed E-state index contributed by atoms with van der Waals surface area (Å²) in [6.07, 6.45) is 3.95. The minimum atomic E-state index is -0.195. The Morgan fingerprint density at radius 3 is 1.71 bits per heavy atom. The van der Waals surface area contributed by atoms with Crippen molar-refractivity contribution in [3.8, 4) is 17.9 Å². The molecule has 0 bridgehead atoms. The van der Waals surface area contributed by atoms with Gasteiger partial charge in [-0.25, -0.2) is 0 Å². The first-order chi connectivity index (χ1) is 15.2. The predicted molar refractivity (Wildman–Crippen MR) is 118 cm³/mol. The maximum absolute atomic E-state index is 9.73. The topological polar surface area (TPSA) is 65.6 Å². The Hall–Kier alpha value is -4.48. The lowest BCUT2D eigenvalue weighted by Gasteiger charge is -2.19. The van der Waals surface area contributed by atoms with E-state index in [1.807, 2.05) is 85.2 Å². The van der Waals surface area contributed by atoms with Crippen LogP contribution >= 0.6 is 0 Å². The molecule has 0 aliphatic carbocycles. The maximum atomic E-state index is 9.73. The molecule has 1 aromatic carbocycles. The molecule has 0 saturated carbocycles. The number of fused-ring (bicyclic) bond motifs is 2. The van der Waals surface area contributed by atoms with E-state index in [4.69, 9.17) is 4.74 Å². The van der Waals surface area contributed by atoms with Gasteiger partial charge in [-0.2, -0.15) is 10.5 Å². The monoisotopic (exact) mass is 402 g/mol. The normalized spacial score (nSPS) is 11.0. The van der Waals surface area contributed by atoms with Gasteiger partial charge in [0.15, 0.2) is 0 Å². The zero-order valence-corrected chi connectivity index (χ0v) is 16.9. The Bertz CT molecular complexity index is 1400. The van der Waals surface area contributed by atoms with Gasteiger partial charge in [0.1, 0.15) is 17.9 Å². The first-order valence-electron chi connectivity index (χ1n) is 9.89. The SMILES string of the molecule is COc1ccc(C(c2cc(C#N)c3ccccn23)c2cc(C#N)c3ccccn23)cc1. The van der Waals surface area contributed by atoms with Gasteiger partial charge in [-0.15, -0.1) is 0 Å². The summed E-state index contributed by atoms with van der Waals surface area (Å²) in [4.78, 5) is 0. The first kappa shape index (κ1) is 18.5. The summed E-state index contributed by atoms with van der Waals surface area (Å²) in [6, 6.07) is 28.1. The molecule has 148 valence electrons. The van der Waals surface area contributed by atoms with E-state index in [0.717, 1.165) is 33.7 Å². The van der Waals surface area contributed by atoms with Gasteiger partial charge < -0.3 is 13.5 Å². The van der Waals surface area contributed by atoms with Gasteiger partial charge in [0.05, 0.1) is 35.2 Å². The summed E-state index contributed by atoms with van der Waals surface area (Å²) in [5, 5.41) is 19.5. The number of rotatable bonds is 4. The largest absolute Gasteiger partial charge is 0.497 e. The third-order valence-electron chi connectivity index (χ3n) is 5.69. The van der Waals surface area contributed by atoms with Crippen LogP contribution in [0.1, 0.15) is 34.0 Å². The molecule has 0 atom stereocenters. The third kappa shape index (κ3) is 2.92. The summed E-state index contributed by atoms with van der Waals surface area (Å²) in [5.41, 5.74) is 5.93. The van der Waals surface area contributed by atoms with Crippen molar-refractivity contribution in [2.24, 2.45) is 0 Å². The first-order valence-corrected chi connectivity index (χ1v) is 9.89. The summed E-state index contributed by atoms with van der Waals surface area (Å²) in [5.74, 6) is 0.581. The van der Waals surface area contributed by atoms with Crippen LogP contribution in [0.4, 0.5) is 0 Å². The zero-order chi connectivity index (χ0) is 21.4. The highest BCUT2D eigenvalue weighted by Gasteiger charge is 2.25. The highest BCUT2D eigenvalue weighted by Crippen LogP contribution is 2.37. The van der Waals surface area contributed by atoms with Crippen LogP contribution in [-0.2, 0) is 0 Å². The molecule has 0 saturated heterocycles. The highest BCUT2D eigenvalue weighted by molar-refractivity contribution is 5.67. The minimum Gasteiger partial charge on any atom is -0.497 e. The van der Waals surface area contributed by atoms with Crippen LogP contribution in [0, 0.1) is 22.7 Å². The number of benzene rings is 1. The van der Waals surface area contributed by atoms with Gasteiger partial charge in [0.25, 0.3) is 0 Å². The Kier molecular flexibility index (Phi) is 4.43. The van der Waals surface area contributed by atoms with Crippen molar-refractivity contribution in [3.05, 3.63) is 113 Å². The molecule has 0 fully saturated rings. The summed E-state index contributed by atoms with van der Waals surface area (Å²) in [6.45, 7) is 0. The molecule has 0 aliphatic heterocycles. The summed E-state index contributed by atoms with van der Waals surface area (Å²) >= 11 is 0. The average Bonchev–Trinajstić information content (AvgIpc) is 3.39. The molecule has 0 radical (unpaired) electrons. The number of hydrogen-bond acceptors (Lipinski definition) is 3. The third-order valence-corrected chi connectivity index (χ3v) is 5.69. The lowest BCUT2D eigenvalue weighted by molar-refractivity contribution is 0.414. The molecular formula is C26H18N4O. The van der Waals surface area contributed by atoms with Gasteiger partial charge in [-0.3, -0.25) is 0 Å². The fourth-order valence-electron chi connectivity index (χ4n) is 4.27. The van der Waals surface area contributed by atoms with Crippen LogP contribution in [0.2, 0.25) is 0 Å². The van der Waals surface area contributed by atoms with Gasteiger partial charge in [0, 0.05) is 23.8 Å². The van der Waals surface area contributed by atoms with Crippen molar-refractivity contribution in [1.82, 2.24) is 8.80 Å². The standard InChI is InChI=1S/C26H18N4O/c1-31-21-10-8-18(9-11-21)26(24-14-19(16-27)22-6-2-4-12-29(22)24)25-15-20(17-28)23-7-3-5-13-30(23)25/h2-15,26H,1H3. The molecule has 5 nitrogen and oxygen atoms in total. The van der Waals surface area contributed by atoms with Gasteiger partial charge in [-0.1, -0.05) is 24.3 Å². The second kappa shape index (κ2) is 7.40. The van der Waals surface area contributed by atoms with Crippen molar-refractivity contribution < 1.29 is 4.74 Å².